The Morgan fingerprint density at radius 2 is 1.70 bits per heavy atom. The first-order chi connectivity index (χ1) is 10.9. The smallest absolute Gasteiger partial charge is 0.268 e. The van der Waals surface area contributed by atoms with Gasteiger partial charge in [0.2, 0.25) is 5.78 Å². The standard InChI is InChI=1S/C16H13NO5S/c1-10-3-5-11(6-4-10)23(20,21)17-8-7-12-13(18)9-14(22-2)16(19)15(12)17/h3-9H,1-2H3. The van der Waals surface area contributed by atoms with E-state index in [-0.39, 0.29) is 21.9 Å². The van der Waals surface area contributed by atoms with Crippen LogP contribution in [0.3, 0.4) is 0 Å². The molecule has 7 heteroatoms. The van der Waals surface area contributed by atoms with Gasteiger partial charge < -0.3 is 4.74 Å². The van der Waals surface area contributed by atoms with Crippen LogP contribution >= 0.6 is 0 Å². The summed E-state index contributed by atoms with van der Waals surface area (Å²) in [4.78, 5) is 24.4. The van der Waals surface area contributed by atoms with Crippen molar-refractivity contribution in [3.63, 3.8) is 0 Å². The third-order valence-corrected chi connectivity index (χ3v) is 5.31. The molecule has 3 rings (SSSR count). The van der Waals surface area contributed by atoms with Crippen molar-refractivity contribution in [1.82, 2.24) is 3.97 Å². The fourth-order valence-electron chi connectivity index (χ4n) is 2.39. The van der Waals surface area contributed by atoms with E-state index in [1.807, 2.05) is 6.92 Å². The van der Waals surface area contributed by atoms with Gasteiger partial charge in [-0.25, -0.2) is 12.4 Å². The van der Waals surface area contributed by atoms with Crippen LogP contribution in [-0.2, 0) is 14.8 Å². The molecule has 0 saturated heterocycles. The second-order valence-electron chi connectivity index (χ2n) is 5.10. The number of carbonyl (C=O) groups is 2. The number of hydrogen-bond acceptors (Lipinski definition) is 5. The van der Waals surface area contributed by atoms with E-state index in [0.717, 1.165) is 15.6 Å². The van der Waals surface area contributed by atoms with E-state index in [9.17, 15) is 18.0 Å². The molecule has 0 N–H and O–H groups in total. The number of methoxy groups -OCH3 is 1. The Labute approximate surface area is 133 Å². The minimum Gasteiger partial charge on any atom is -0.492 e. The second kappa shape index (κ2) is 5.20. The normalized spacial score (nSPS) is 14.4. The maximum absolute atomic E-state index is 12.8. The predicted molar refractivity (Wildman–Crippen MR) is 81.9 cm³/mol. The average molecular weight is 331 g/mol. The van der Waals surface area contributed by atoms with Gasteiger partial charge in [0.25, 0.3) is 10.0 Å². The number of allylic oxidation sites excluding steroid dienone is 2. The molecule has 1 heterocycles. The number of ketones is 2. The number of carbonyl (C=O) groups excluding carboxylic acids is 2. The number of Topliss-reactive ketones (excluding diaryl/α,β-unsaturated/α-hetero) is 1. The van der Waals surface area contributed by atoms with Crippen molar-refractivity contribution in [3.05, 3.63) is 65.2 Å². The zero-order valence-corrected chi connectivity index (χ0v) is 13.3. The highest BCUT2D eigenvalue weighted by Gasteiger charge is 2.33. The van der Waals surface area contributed by atoms with Crippen LogP contribution in [0.1, 0.15) is 26.4 Å². The minimum atomic E-state index is -3.98. The van der Waals surface area contributed by atoms with Crippen molar-refractivity contribution in [2.45, 2.75) is 11.8 Å². The molecule has 0 amide bonds. The van der Waals surface area contributed by atoms with Crippen LogP contribution in [0.15, 0.2) is 53.3 Å². The van der Waals surface area contributed by atoms with Crippen LogP contribution in [0.2, 0.25) is 0 Å². The van der Waals surface area contributed by atoms with Crippen molar-refractivity contribution < 1.29 is 22.7 Å². The van der Waals surface area contributed by atoms with E-state index in [2.05, 4.69) is 0 Å². The van der Waals surface area contributed by atoms with Crippen LogP contribution in [0.4, 0.5) is 0 Å². The molecule has 0 saturated carbocycles. The van der Waals surface area contributed by atoms with Gasteiger partial charge in [0.15, 0.2) is 11.5 Å². The minimum absolute atomic E-state index is 0.0373. The molecule has 2 aromatic rings. The molecule has 118 valence electrons. The highest BCUT2D eigenvalue weighted by atomic mass is 32.2. The van der Waals surface area contributed by atoms with Crippen LogP contribution < -0.4 is 0 Å². The first-order valence-electron chi connectivity index (χ1n) is 6.74. The lowest BCUT2D eigenvalue weighted by Crippen LogP contribution is -2.24. The zero-order valence-electron chi connectivity index (χ0n) is 12.4. The molecule has 1 aromatic heterocycles. The van der Waals surface area contributed by atoms with Gasteiger partial charge in [0.1, 0.15) is 5.69 Å². The molecule has 0 radical (unpaired) electrons. The Morgan fingerprint density at radius 3 is 2.30 bits per heavy atom. The number of hydrogen-bond donors (Lipinski definition) is 0. The van der Waals surface area contributed by atoms with Crippen molar-refractivity contribution in [2.24, 2.45) is 0 Å². The molecule has 0 spiro atoms. The number of aromatic nitrogens is 1. The molecule has 1 aromatic carbocycles. The Balaban J connectivity index is 2.20. The molecule has 1 aliphatic rings. The lowest BCUT2D eigenvalue weighted by Gasteiger charge is -2.15. The third kappa shape index (κ3) is 2.29. The monoisotopic (exact) mass is 331 g/mol. The van der Waals surface area contributed by atoms with Gasteiger partial charge in [-0.1, -0.05) is 17.7 Å². The highest BCUT2D eigenvalue weighted by molar-refractivity contribution is 7.90. The van der Waals surface area contributed by atoms with Gasteiger partial charge in [-0.2, -0.15) is 0 Å². The van der Waals surface area contributed by atoms with E-state index in [1.165, 1.54) is 31.5 Å². The van der Waals surface area contributed by atoms with Gasteiger partial charge in [-0.15, -0.1) is 0 Å². The molecule has 6 nitrogen and oxygen atoms in total. The summed E-state index contributed by atoms with van der Waals surface area (Å²) in [5.41, 5.74) is 0.760. The number of fused-ring (bicyclic) bond motifs is 1. The van der Waals surface area contributed by atoms with E-state index >= 15 is 0 Å². The van der Waals surface area contributed by atoms with Crippen LogP contribution in [0.25, 0.3) is 0 Å². The summed E-state index contributed by atoms with van der Waals surface area (Å²) in [6, 6.07) is 7.56. The molecular formula is C16H13NO5S. The number of benzene rings is 1. The number of nitrogens with zero attached hydrogens (tertiary/aromatic N) is 1. The van der Waals surface area contributed by atoms with Gasteiger partial charge in [0.05, 0.1) is 17.6 Å². The van der Waals surface area contributed by atoms with Crippen LogP contribution in [0, 0.1) is 6.92 Å². The summed E-state index contributed by atoms with van der Waals surface area (Å²) >= 11 is 0. The van der Waals surface area contributed by atoms with E-state index in [4.69, 9.17) is 4.74 Å². The lowest BCUT2D eigenvalue weighted by atomic mass is 10.0. The number of rotatable bonds is 3. The van der Waals surface area contributed by atoms with Gasteiger partial charge in [0, 0.05) is 12.3 Å². The van der Waals surface area contributed by atoms with E-state index in [1.54, 1.807) is 12.1 Å². The first-order valence-corrected chi connectivity index (χ1v) is 8.18. The van der Waals surface area contributed by atoms with Crippen molar-refractivity contribution >= 4 is 21.6 Å². The van der Waals surface area contributed by atoms with E-state index < -0.39 is 21.6 Å². The largest absolute Gasteiger partial charge is 0.492 e. The summed E-state index contributed by atoms with van der Waals surface area (Å²) < 4.78 is 31.2. The molecule has 0 unspecified atom stereocenters. The lowest BCUT2D eigenvalue weighted by molar-refractivity contribution is 0.0912. The van der Waals surface area contributed by atoms with Gasteiger partial charge in [-0.05, 0) is 25.1 Å². The second-order valence-corrected chi connectivity index (χ2v) is 6.91. The van der Waals surface area contributed by atoms with Gasteiger partial charge in [-0.3, -0.25) is 9.59 Å². The zero-order chi connectivity index (χ0) is 16.8. The molecule has 0 atom stereocenters. The Kier molecular flexibility index (Phi) is 3.45. The Morgan fingerprint density at radius 1 is 1.04 bits per heavy atom. The molecule has 0 fully saturated rings. The summed E-state index contributed by atoms with van der Waals surface area (Å²) in [6.45, 7) is 1.84. The predicted octanol–water partition coefficient (Wildman–Crippen LogP) is 1.94. The van der Waals surface area contributed by atoms with E-state index in [0.29, 0.717) is 0 Å². The maximum Gasteiger partial charge on any atom is 0.268 e. The average Bonchev–Trinajstić information content (AvgIpc) is 2.98. The summed E-state index contributed by atoms with van der Waals surface area (Å²) in [5.74, 6) is -1.28. The number of aryl methyl sites for hydroxylation is 1. The third-order valence-electron chi connectivity index (χ3n) is 3.62. The quantitative estimate of drug-likeness (QED) is 0.858. The SMILES string of the molecule is COC1=CC(=O)c2ccn(S(=O)(=O)c3ccc(C)cc3)c2C1=O. The summed E-state index contributed by atoms with van der Waals surface area (Å²) in [7, 11) is -2.73. The van der Waals surface area contributed by atoms with Crippen LogP contribution in [0.5, 0.6) is 0 Å². The molecule has 0 aliphatic heterocycles. The fourth-order valence-corrected chi connectivity index (χ4v) is 3.74. The first kappa shape index (κ1) is 15.2. The Bertz CT molecular complexity index is 949. The van der Waals surface area contributed by atoms with Gasteiger partial charge >= 0.3 is 0 Å². The van der Waals surface area contributed by atoms with Crippen molar-refractivity contribution in [2.75, 3.05) is 7.11 Å². The molecule has 0 bridgehead atoms. The maximum atomic E-state index is 12.8. The highest BCUT2D eigenvalue weighted by Crippen LogP contribution is 2.26. The molecule has 1 aliphatic carbocycles. The fraction of sp³-hybridized carbons (Fsp3) is 0.125. The summed E-state index contributed by atoms with van der Waals surface area (Å²) in [5, 5.41) is 0. The molecular weight excluding hydrogens is 318 g/mol. The molecule has 23 heavy (non-hydrogen) atoms. The van der Waals surface area contributed by atoms with Crippen LogP contribution in [-0.4, -0.2) is 31.1 Å². The topological polar surface area (TPSA) is 82.4 Å². The van der Waals surface area contributed by atoms with Crippen molar-refractivity contribution in [1.29, 1.82) is 0 Å². The number of ether oxygens (including phenoxy) is 1. The summed E-state index contributed by atoms with van der Waals surface area (Å²) in [6.07, 6.45) is 2.27. The van der Waals surface area contributed by atoms with Crippen molar-refractivity contribution in [3.8, 4) is 0 Å². The Hall–Kier alpha value is -2.67.